The Kier molecular flexibility index (Phi) is 6.60. The number of amides is 1. The maximum absolute atomic E-state index is 12.9. The number of pyridine rings is 2. The zero-order valence-electron chi connectivity index (χ0n) is 17.4. The van der Waals surface area contributed by atoms with E-state index in [0.29, 0.717) is 24.1 Å². The fourth-order valence-corrected chi connectivity index (χ4v) is 3.20. The minimum absolute atomic E-state index is 0.198. The SMILES string of the molecule is CC(C)c1cccc(C(C)C)c1NC(=O)c1ccc(NCc2ccccn2)cn1. The molecule has 29 heavy (non-hydrogen) atoms. The molecule has 0 bridgehead atoms. The molecule has 3 rings (SSSR count). The lowest BCUT2D eigenvalue weighted by Gasteiger charge is -2.20. The van der Waals surface area contributed by atoms with Gasteiger partial charge >= 0.3 is 0 Å². The van der Waals surface area contributed by atoms with Gasteiger partial charge in [-0.3, -0.25) is 9.78 Å². The number of hydrogen-bond acceptors (Lipinski definition) is 4. The van der Waals surface area contributed by atoms with Crippen molar-refractivity contribution in [2.45, 2.75) is 46.1 Å². The molecule has 0 radical (unpaired) electrons. The number of nitrogens with zero attached hydrogens (tertiary/aromatic N) is 2. The van der Waals surface area contributed by atoms with Crippen molar-refractivity contribution in [2.75, 3.05) is 10.6 Å². The van der Waals surface area contributed by atoms with E-state index < -0.39 is 0 Å². The molecule has 0 aliphatic heterocycles. The Bertz CT molecular complexity index is 924. The highest BCUT2D eigenvalue weighted by Crippen LogP contribution is 2.32. The van der Waals surface area contributed by atoms with Gasteiger partial charge in [0.25, 0.3) is 5.91 Å². The van der Waals surface area contributed by atoms with Gasteiger partial charge in [0.2, 0.25) is 0 Å². The summed E-state index contributed by atoms with van der Waals surface area (Å²) in [5, 5.41) is 6.37. The van der Waals surface area contributed by atoms with Gasteiger partial charge in [-0.25, -0.2) is 4.98 Å². The fourth-order valence-electron chi connectivity index (χ4n) is 3.20. The molecule has 1 amide bonds. The van der Waals surface area contributed by atoms with Gasteiger partial charge in [-0.05, 0) is 47.2 Å². The Labute approximate surface area is 172 Å². The lowest BCUT2D eigenvalue weighted by atomic mass is 9.92. The predicted molar refractivity (Wildman–Crippen MR) is 118 cm³/mol. The van der Waals surface area contributed by atoms with E-state index in [1.165, 1.54) is 0 Å². The highest BCUT2D eigenvalue weighted by atomic mass is 16.1. The molecule has 0 saturated heterocycles. The number of aromatic nitrogens is 2. The van der Waals surface area contributed by atoms with Crippen molar-refractivity contribution in [1.29, 1.82) is 0 Å². The number of nitrogens with one attached hydrogen (secondary N) is 2. The third kappa shape index (κ3) is 5.19. The van der Waals surface area contributed by atoms with Gasteiger partial charge in [0.1, 0.15) is 5.69 Å². The number of benzene rings is 1. The minimum atomic E-state index is -0.198. The highest BCUT2D eigenvalue weighted by Gasteiger charge is 2.17. The molecule has 2 N–H and O–H groups in total. The summed E-state index contributed by atoms with van der Waals surface area (Å²) in [6.07, 6.45) is 3.44. The van der Waals surface area contributed by atoms with Gasteiger partial charge in [-0.15, -0.1) is 0 Å². The van der Waals surface area contributed by atoms with Crippen LogP contribution in [0.2, 0.25) is 0 Å². The number of carbonyl (C=O) groups excluding carboxylic acids is 1. The molecule has 0 spiro atoms. The molecule has 0 aliphatic carbocycles. The second-order valence-electron chi connectivity index (χ2n) is 7.68. The molecule has 5 heteroatoms. The van der Waals surface area contributed by atoms with Crippen LogP contribution in [0.5, 0.6) is 0 Å². The smallest absolute Gasteiger partial charge is 0.274 e. The zero-order valence-corrected chi connectivity index (χ0v) is 17.4. The first-order valence-electron chi connectivity index (χ1n) is 9.99. The van der Waals surface area contributed by atoms with E-state index in [4.69, 9.17) is 0 Å². The van der Waals surface area contributed by atoms with E-state index >= 15 is 0 Å². The first kappa shape index (κ1) is 20.5. The van der Waals surface area contributed by atoms with E-state index in [1.807, 2.05) is 24.3 Å². The van der Waals surface area contributed by atoms with E-state index in [9.17, 15) is 4.79 Å². The van der Waals surface area contributed by atoms with Crippen molar-refractivity contribution >= 4 is 17.3 Å². The lowest BCUT2D eigenvalue weighted by Crippen LogP contribution is -2.17. The molecule has 2 aromatic heterocycles. The van der Waals surface area contributed by atoms with E-state index in [-0.39, 0.29) is 5.91 Å². The van der Waals surface area contributed by atoms with Crippen LogP contribution < -0.4 is 10.6 Å². The van der Waals surface area contributed by atoms with Gasteiger partial charge in [0.05, 0.1) is 24.1 Å². The van der Waals surface area contributed by atoms with Crippen molar-refractivity contribution in [3.8, 4) is 0 Å². The molecule has 0 atom stereocenters. The number of hydrogen-bond donors (Lipinski definition) is 2. The summed E-state index contributed by atoms with van der Waals surface area (Å²) in [6, 6.07) is 15.6. The molecule has 0 saturated carbocycles. The maximum atomic E-state index is 12.9. The van der Waals surface area contributed by atoms with Gasteiger partial charge in [-0.2, -0.15) is 0 Å². The van der Waals surface area contributed by atoms with E-state index in [1.54, 1.807) is 18.5 Å². The Morgan fingerprint density at radius 1 is 0.897 bits per heavy atom. The maximum Gasteiger partial charge on any atom is 0.274 e. The monoisotopic (exact) mass is 388 g/mol. The second kappa shape index (κ2) is 9.32. The van der Waals surface area contributed by atoms with Gasteiger partial charge in [0, 0.05) is 11.9 Å². The first-order valence-corrected chi connectivity index (χ1v) is 9.99. The van der Waals surface area contributed by atoms with E-state index in [0.717, 1.165) is 28.2 Å². The quantitative estimate of drug-likeness (QED) is 0.554. The molecule has 5 nitrogen and oxygen atoms in total. The fraction of sp³-hybridized carbons (Fsp3) is 0.292. The molecule has 1 aromatic carbocycles. The van der Waals surface area contributed by atoms with Crippen LogP contribution in [0.4, 0.5) is 11.4 Å². The van der Waals surface area contributed by atoms with Crippen LogP contribution in [0, 0.1) is 0 Å². The second-order valence-corrected chi connectivity index (χ2v) is 7.68. The summed E-state index contributed by atoms with van der Waals surface area (Å²) in [6.45, 7) is 9.14. The first-order chi connectivity index (χ1) is 14.0. The van der Waals surface area contributed by atoms with Gasteiger partial charge in [0.15, 0.2) is 0 Å². The standard InChI is InChI=1S/C24H28N4O/c1-16(2)20-9-7-10-21(17(3)4)23(20)28-24(29)22-12-11-19(15-27-22)26-14-18-8-5-6-13-25-18/h5-13,15-17,26H,14H2,1-4H3,(H,28,29). The summed E-state index contributed by atoms with van der Waals surface area (Å²) < 4.78 is 0. The molecule has 0 aliphatic rings. The lowest BCUT2D eigenvalue weighted by molar-refractivity contribution is 0.102. The van der Waals surface area contributed by atoms with Crippen LogP contribution in [-0.2, 0) is 6.54 Å². The largest absolute Gasteiger partial charge is 0.378 e. The summed E-state index contributed by atoms with van der Waals surface area (Å²) in [7, 11) is 0. The van der Waals surface area contributed by atoms with Gasteiger partial charge < -0.3 is 10.6 Å². The average molecular weight is 389 g/mol. The predicted octanol–water partition coefficient (Wildman–Crippen LogP) is 5.59. The van der Waals surface area contributed by atoms with Crippen LogP contribution in [-0.4, -0.2) is 15.9 Å². The third-order valence-electron chi connectivity index (χ3n) is 4.81. The third-order valence-corrected chi connectivity index (χ3v) is 4.81. The highest BCUT2D eigenvalue weighted by molar-refractivity contribution is 6.04. The Morgan fingerprint density at radius 2 is 1.62 bits per heavy atom. The van der Waals surface area contributed by atoms with Crippen molar-refractivity contribution in [3.05, 3.63) is 83.4 Å². The normalized spacial score (nSPS) is 11.0. The molecular weight excluding hydrogens is 360 g/mol. The molecule has 0 fully saturated rings. The van der Waals surface area contributed by atoms with Crippen LogP contribution in [0.3, 0.4) is 0 Å². The summed E-state index contributed by atoms with van der Waals surface area (Å²) in [4.78, 5) is 21.5. The van der Waals surface area contributed by atoms with Crippen molar-refractivity contribution in [2.24, 2.45) is 0 Å². The zero-order chi connectivity index (χ0) is 20.8. The van der Waals surface area contributed by atoms with Crippen LogP contribution in [0.1, 0.15) is 66.8 Å². The van der Waals surface area contributed by atoms with Crippen LogP contribution >= 0.6 is 0 Å². The molecular formula is C24H28N4O. The summed E-state index contributed by atoms with van der Waals surface area (Å²) in [5.74, 6) is 0.432. The summed E-state index contributed by atoms with van der Waals surface area (Å²) in [5.41, 5.74) is 5.36. The number of rotatable bonds is 7. The molecule has 2 heterocycles. The van der Waals surface area contributed by atoms with Gasteiger partial charge in [-0.1, -0.05) is 52.0 Å². The van der Waals surface area contributed by atoms with Crippen LogP contribution in [0.15, 0.2) is 60.9 Å². The Hall–Kier alpha value is -3.21. The molecule has 3 aromatic rings. The minimum Gasteiger partial charge on any atom is -0.378 e. The Morgan fingerprint density at radius 3 is 2.17 bits per heavy atom. The number of anilines is 2. The van der Waals surface area contributed by atoms with Crippen molar-refractivity contribution in [1.82, 2.24) is 9.97 Å². The topological polar surface area (TPSA) is 66.9 Å². The average Bonchev–Trinajstić information content (AvgIpc) is 2.73. The van der Waals surface area contributed by atoms with Crippen molar-refractivity contribution in [3.63, 3.8) is 0 Å². The Balaban J connectivity index is 1.73. The number of para-hydroxylation sites is 1. The van der Waals surface area contributed by atoms with Crippen LogP contribution in [0.25, 0.3) is 0 Å². The van der Waals surface area contributed by atoms with Crippen molar-refractivity contribution < 1.29 is 4.79 Å². The van der Waals surface area contributed by atoms with E-state index in [2.05, 4.69) is 66.5 Å². The summed E-state index contributed by atoms with van der Waals surface area (Å²) >= 11 is 0. The molecule has 0 unspecified atom stereocenters. The number of carbonyl (C=O) groups is 1. The molecule has 150 valence electrons.